The molecule has 4 heteroatoms. The van der Waals surface area contributed by atoms with Crippen LogP contribution >= 0.6 is 0 Å². The number of rotatable bonds is 5. The van der Waals surface area contributed by atoms with Crippen LogP contribution < -0.4 is 15.2 Å². The lowest BCUT2D eigenvalue weighted by Crippen LogP contribution is -2.34. The van der Waals surface area contributed by atoms with Crippen molar-refractivity contribution in [2.45, 2.75) is 38.3 Å². The van der Waals surface area contributed by atoms with E-state index in [1.54, 1.807) is 7.11 Å². The first-order chi connectivity index (χ1) is 8.99. The average molecular weight is 265 g/mol. The highest BCUT2D eigenvalue weighted by atomic mass is 16.6. The van der Waals surface area contributed by atoms with Gasteiger partial charge in [0.2, 0.25) is 0 Å². The highest BCUT2D eigenvalue weighted by molar-refractivity contribution is 5.47. The van der Waals surface area contributed by atoms with Crippen molar-refractivity contribution in [1.29, 1.82) is 0 Å². The van der Waals surface area contributed by atoms with Crippen molar-refractivity contribution in [3.05, 3.63) is 23.8 Å². The summed E-state index contributed by atoms with van der Waals surface area (Å²) >= 11 is 0. The first-order valence-corrected chi connectivity index (χ1v) is 6.69. The molecule has 0 aliphatic carbocycles. The van der Waals surface area contributed by atoms with Gasteiger partial charge in [0.25, 0.3) is 0 Å². The molecule has 1 fully saturated rings. The zero-order valence-electron chi connectivity index (χ0n) is 11.9. The summed E-state index contributed by atoms with van der Waals surface area (Å²) in [7, 11) is 1.67. The van der Waals surface area contributed by atoms with Crippen molar-refractivity contribution in [2.24, 2.45) is 5.73 Å². The fourth-order valence-corrected chi connectivity index (χ4v) is 2.30. The predicted molar refractivity (Wildman–Crippen MR) is 74.8 cm³/mol. The zero-order chi connectivity index (χ0) is 13.9. The molecule has 106 valence electrons. The van der Waals surface area contributed by atoms with Crippen LogP contribution in [0.2, 0.25) is 0 Å². The third-order valence-electron chi connectivity index (χ3n) is 3.09. The standard InChI is InChI=1S/C15H23NO3/c1-15(2,16)9-11-5-4-6-13(14(11)17-3)19-12-7-8-18-10-12/h4-6,12H,7-10,16H2,1-3H3. The molecule has 0 aromatic heterocycles. The van der Waals surface area contributed by atoms with Gasteiger partial charge in [0.1, 0.15) is 6.10 Å². The molecule has 4 nitrogen and oxygen atoms in total. The Kier molecular flexibility index (Phi) is 4.32. The van der Waals surface area contributed by atoms with Crippen molar-refractivity contribution in [1.82, 2.24) is 0 Å². The van der Waals surface area contributed by atoms with E-state index in [2.05, 4.69) is 0 Å². The molecule has 2 N–H and O–H groups in total. The molecule has 1 aliphatic rings. The fraction of sp³-hybridized carbons (Fsp3) is 0.600. The Balaban J connectivity index is 2.20. The Morgan fingerprint density at radius 2 is 2.21 bits per heavy atom. The van der Waals surface area contributed by atoms with Crippen LogP contribution in [0.4, 0.5) is 0 Å². The van der Waals surface area contributed by atoms with Crippen LogP contribution in [0.25, 0.3) is 0 Å². The third-order valence-corrected chi connectivity index (χ3v) is 3.09. The molecule has 0 radical (unpaired) electrons. The summed E-state index contributed by atoms with van der Waals surface area (Å²) in [6, 6.07) is 5.95. The summed E-state index contributed by atoms with van der Waals surface area (Å²) in [5.41, 5.74) is 6.89. The molecular formula is C15H23NO3. The van der Waals surface area contributed by atoms with Gasteiger partial charge >= 0.3 is 0 Å². The zero-order valence-corrected chi connectivity index (χ0v) is 11.9. The largest absolute Gasteiger partial charge is 0.493 e. The van der Waals surface area contributed by atoms with E-state index in [1.807, 2.05) is 32.0 Å². The lowest BCUT2D eigenvalue weighted by atomic mass is 9.95. The second-order valence-corrected chi connectivity index (χ2v) is 5.72. The Bertz CT molecular complexity index is 420. The number of hydrogen-bond acceptors (Lipinski definition) is 4. The van der Waals surface area contributed by atoms with Gasteiger partial charge in [0, 0.05) is 12.0 Å². The van der Waals surface area contributed by atoms with Crippen molar-refractivity contribution < 1.29 is 14.2 Å². The maximum Gasteiger partial charge on any atom is 0.163 e. The average Bonchev–Trinajstić information content (AvgIpc) is 2.80. The number of ether oxygens (including phenoxy) is 3. The van der Waals surface area contributed by atoms with Crippen molar-refractivity contribution in [3.63, 3.8) is 0 Å². The summed E-state index contributed by atoms with van der Waals surface area (Å²) in [5, 5.41) is 0. The molecule has 1 unspecified atom stereocenters. The first kappa shape index (κ1) is 14.2. The molecule has 0 spiro atoms. The van der Waals surface area contributed by atoms with Gasteiger partial charge in [0.15, 0.2) is 11.5 Å². The van der Waals surface area contributed by atoms with Crippen molar-refractivity contribution in [2.75, 3.05) is 20.3 Å². The SMILES string of the molecule is COc1c(CC(C)(C)N)cccc1OC1CCOC1. The van der Waals surface area contributed by atoms with Crippen LogP contribution in [-0.2, 0) is 11.2 Å². The number of nitrogens with two attached hydrogens (primary N) is 1. The van der Waals surface area contributed by atoms with Gasteiger partial charge in [-0.15, -0.1) is 0 Å². The van der Waals surface area contributed by atoms with Crippen LogP contribution in [0, 0.1) is 0 Å². The summed E-state index contributed by atoms with van der Waals surface area (Å²) in [4.78, 5) is 0. The number of benzene rings is 1. The summed E-state index contributed by atoms with van der Waals surface area (Å²) in [6.45, 7) is 5.42. The maximum atomic E-state index is 6.09. The molecule has 1 aromatic carbocycles. The monoisotopic (exact) mass is 265 g/mol. The molecule has 19 heavy (non-hydrogen) atoms. The van der Waals surface area contributed by atoms with E-state index in [4.69, 9.17) is 19.9 Å². The molecule has 1 saturated heterocycles. The van der Waals surface area contributed by atoms with Crippen LogP contribution in [-0.4, -0.2) is 32.0 Å². The Morgan fingerprint density at radius 1 is 1.42 bits per heavy atom. The third kappa shape index (κ3) is 3.85. The summed E-state index contributed by atoms with van der Waals surface area (Å²) in [5.74, 6) is 1.56. The Hall–Kier alpha value is -1.26. The highest BCUT2D eigenvalue weighted by Gasteiger charge is 2.22. The second kappa shape index (κ2) is 5.80. The second-order valence-electron chi connectivity index (χ2n) is 5.72. The van der Waals surface area contributed by atoms with Crippen LogP contribution in [0.1, 0.15) is 25.8 Å². The first-order valence-electron chi connectivity index (χ1n) is 6.69. The van der Waals surface area contributed by atoms with Gasteiger partial charge in [-0.1, -0.05) is 12.1 Å². The molecule has 1 aliphatic heterocycles. The van der Waals surface area contributed by atoms with E-state index in [0.717, 1.165) is 36.5 Å². The fourth-order valence-electron chi connectivity index (χ4n) is 2.30. The molecule has 2 rings (SSSR count). The summed E-state index contributed by atoms with van der Waals surface area (Å²) < 4.78 is 16.8. The van der Waals surface area contributed by atoms with Gasteiger partial charge in [-0.3, -0.25) is 0 Å². The molecule has 0 amide bonds. The van der Waals surface area contributed by atoms with E-state index in [9.17, 15) is 0 Å². The van der Waals surface area contributed by atoms with Crippen LogP contribution in [0.15, 0.2) is 18.2 Å². The van der Waals surface area contributed by atoms with E-state index in [-0.39, 0.29) is 11.6 Å². The lowest BCUT2D eigenvalue weighted by Gasteiger charge is -2.22. The quantitative estimate of drug-likeness (QED) is 0.886. The van der Waals surface area contributed by atoms with E-state index < -0.39 is 0 Å². The van der Waals surface area contributed by atoms with E-state index >= 15 is 0 Å². The lowest BCUT2D eigenvalue weighted by molar-refractivity contribution is 0.138. The van der Waals surface area contributed by atoms with Crippen LogP contribution in [0.5, 0.6) is 11.5 Å². The smallest absolute Gasteiger partial charge is 0.163 e. The minimum absolute atomic E-state index is 0.120. The molecule has 1 aromatic rings. The minimum Gasteiger partial charge on any atom is -0.493 e. The predicted octanol–water partition coefficient (Wildman–Crippen LogP) is 2.14. The summed E-state index contributed by atoms with van der Waals surface area (Å²) in [6.07, 6.45) is 1.79. The topological polar surface area (TPSA) is 53.7 Å². The molecule has 0 bridgehead atoms. The van der Waals surface area contributed by atoms with E-state index in [0.29, 0.717) is 6.61 Å². The molecule has 1 atom stereocenters. The van der Waals surface area contributed by atoms with E-state index in [1.165, 1.54) is 0 Å². The van der Waals surface area contributed by atoms with Gasteiger partial charge in [-0.05, 0) is 31.9 Å². The number of para-hydroxylation sites is 1. The van der Waals surface area contributed by atoms with Crippen molar-refractivity contribution in [3.8, 4) is 11.5 Å². The number of hydrogen-bond donors (Lipinski definition) is 1. The minimum atomic E-state index is -0.275. The van der Waals surface area contributed by atoms with Gasteiger partial charge < -0.3 is 19.9 Å². The van der Waals surface area contributed by atoms with Crippen molar-refractivity contribution >= 4 is 0 Å². The molecule has 1 heterocycles. The van der Waals surface area contributed by atoms with Gasteiger partial charge in [-0.25, -0.2) is 0 Å². The highest BCUT2D eigenvalue weighted by Crippen LogP contribution is 2.34. The Morgan fingerprint density at radius 3 is 2.79 bits per heavy atom. The number of methoxy groups -OCH3 is 1. The normalized spacial score (nSPS) is 19.5. The Labute approximate surface area is 114 Å². The molecule has 0 saturated carbocycles. The van der Waals surface area contributed by atoms with Gasteiger partial charge in [0.05, 0.1) is 20.3 Å². The molecular weight excluding hydrogens is 242 g/mol. The maximum absolute atomic E-state index is 6.09. The van der Waals surface area contributed by atoms with Crippen LogP contribution in [0.3, 0.4) is 0 Å². The van der Waals surface area contributed by atoms with Gasteiger partial charge in [-0.2, -0.15) is 0 Å².